The zero-order chi connectivity index (χ0) is 19.0. The quantitative estimate of drug-likeness (QED) is 0.640. The Morgan fingerprint density at radius 1 is 1.19 bits per heavy atom. The van der Waals surface area contributed by atoms with E-state index in [0.29, 0.717) is 25.2 Å². The molecule has 2 aliphatic rings. The lowest BCUT2D eigenvalue weighted by Crippen LogP contribution is -2.28. The van der Waals surface area contributed by atoms with Gasteiger partial charge in [-0.25, -0.2) is 0 Å². The number of amides is 1. The summed E-state index contributed by atoms with van der Waals surface area (Å²) in [5, 5.41) is 25.1. The van der Waals surface area contributed by atoms with Crippen LogP contribution in [0.3, 0.4) is 0 Å². The Hall–Kier alpha value is -2.93. The topological polar surface area (TPSA) is 95.7 Å². The van der Waals surface area contributed by atoms with Crippen molar-refractivity contribution in [3.63, 3.8) is 0 Å². The molecule has 0 unspecified atom stereocenters. The summed E-state index contributed by atoms with van der Waals surface area (Å²) in [6, 6.07) is 12.0. The molecule has 1 amide bonds. The highest BCUT2D eigenvalue weighted by atomic mass is 16.6. The fourth-order valence-electron chi connectivity index (χ4n) is 3.97. The minimum atomic E-state index is -0.588. The maximum atomic E-state index is 12.8. The second-order valence-electron chi connectivity index (χ2n) is 7.08. The Morgan fingerprint density at radius 2 is 1.93 bits per heavy atom. The predicted molar refractivity (Wildman–Crippen MR) is 101 cm³/mol. The Balaban J connectivity index is 1.65. The average Bonchev–Trinajstić information content (AvgIpc) is 3.30. The lowest BCUT2D eigenvalue weighted by Gasteiger charge is -2.20. The van der Waals surface area contributed by atoms with Gasteiger partial charge in [0.1, 0.15) is 5.56 Å². The number of hydrogen-bond donors (Lipinski definition) is 2. The van der Waals surface area contributed by atoms with E-state index in [-0.39, 0.29) is 23.2 Å². The molecule has 0 radical (unpaired) electrons. The molecule has 4 rings (SSSR count). The smallest absolute Gasteiger partial charge is 0.282 e. The van der Waals surface area contributed by atoms with E-state index >= 15 is 0 Å². The molecule has 27 heavy (non-hydrogen) atoms. The number of fused-ring (bicyclic) bond motifs is 1. The van der Waals surface area contributed by atoms with E-state index in [1.54, 1.807) is 11.0 Å². The second-order valence-corrected chi connectivity index (χ2v) is 7.08. The molecule has 1 saturated heterocycles. The van der Waals surface area contributed by atoms with Crippen molar-refractivity contribution in [2.75, 3.05) is 18.4 Å². The molecule has 1 fully saturated rings. The molecule has 2 aromatic rings. The number of aliphatic hydroxyl groups excluding tert-OH is 1. The van der Waals surface area contributed by atoms with Crippen LogP contribution in [0.5, 0.6) is 0 Å². The first-order chi connectivity index (χ1) is 13.0. The number of aliphatic hydroxyl groups is 1. The number of carbonyl (C=O) groups is 1. The van der Waals surface area contributed by atoms with Crippen LogP contribution in [-0.2, 0) is 6.42 Å². The number of likely N-dealkylation sites (tertiary alicyclic amines) is 1. The zero-order valence-corrected chi connectivity index (χ0v) is 14.8. The summed E-state index contributed by atoms with van der Waals surface area (Å²) in [6.07, 6.45) is 1.81. The molecule has 2 aromatic carbocycles. The highest BCUT2D eigenvalue weighted by Crippen LogP contribution is 2.35. The van der Waals surface area contributed by atoms with E-state index in [0.717, 1.165) is 24.0 Å². The van der Waals surface area contributed by atoms with Gasteiger partial charge in [-0.1, -0.05) is 24.3 Å². The molecule has 2 N–H and O–H groups in total. The monoisotopic (exact) mass is 367 g/mol. The first-order valence-corrected chi connectivity index (χ1v) is 9.15. The predicted octanol–water partition coefficient (Wildman–Crippen LogP) is 2.90. The zero-order valence-electron chi connectivity index (χ0n) is 14.8. The number of carbonyl (C=O) groups excluding carboxylic acids is 1. The third-order valence-corrected chi connectivity index (χ3v) is 5.34. The summed E-state index contributed by atoms with van der Waals surface area (Å²) in [7, 11) is 0. The lowest BCUT2D eigenvalue weighted by atomic mass is 10.1. The van der Waals surface area contributed by atoms with Gasteiger partial charge >= 0.3 is 0 Å². The molecule has 0 aromatic heterocycles. The van der Waals surface area contributed by atoms with E-state index in [4.69, 9.17) is 0 Å². The van der Waals surface area contributed by atoms with Crippen LogP contribution in [-0.4, -0.2) is 40.0 Å². The van der Waals surface area contributed by atoms with Crippen molar-refractivity contribution in [3.8, 4) is 0 Å². The van der Waals surface area contributed by atoms with Crippen molar-refractivity contribution < 1.29 is 14.8 Å². The summed E-state index contributed by atoms with van der Waals surface area (Å²) < 4.78 is 0. The summed E-state index contributed by atoms with van der Waals surface area (Å²) in [5.74, 6) is -0.310. The van der Waals surface area contributed by atoms with Crippen molar-refractivity contribution in [1.29, 1.82) is 0 Å². The van der Waals surface area contributed by atoms with Crippen LogP contribution in [0.4, 0.5) is 11.4 Å². The van der Waals surface area contributed by atoms with Crippen LogP contribution in [0, 0.1) is 10.1 Å². The van der Waals surface area contributed by atoms with Crippen LogP contribution >= 0.6 is 0 Å². The van der Waals surface area contributed by atoms with Crippen molar-refractivity contribution in [1.82, 2.24) is 4.90 Å². The highest BCUT2D eigenvalue weighted by molar-refractivity contribution is 5.99. The number of hydrogen-bond acceptors (Lipinski definition) is 5. The molecule has 1 aliphatic carbocycles. The number of rotatable bonds is 4. The van der Waals surface area contributed by atoms with E-state index in [9.17, 15) is 20.0 Å². The molecule has 7 heteroatoms. The van der Waals surface area contributed by atoms with Crippen LogP contribution in [0.25, 0.3) is 0 Å². The van der Waals surface area contributed by atoms with Gasteiger partial charge in [-0.05, 0) is 36.1 Å². The van der Waals surface area contributed by atoms with Gasteiger partial charge < -0.3 is 15.3 Å². The van der Waals surface area contributed by atoms with Crippen molar-refractivity contribution in [2.45, 2.75) is 31.4 Å². The van der Waals surface area contributed by atoms with Gasteiger partial charge in [-0.2, -0.15) is 0 Å². The van der Waals surface area contributed by atoms with Crippen molar-refractivity contribution in [2.24, 2.45) is 0 Å². The van der Waals surface area contributed by atoms with Gasteiger partial charge in [0.15, 0.2) is 0 Å². The first-order valence-electron chi connectivity index (χ1n) is 9.15. The molecule has 1 heterocycles. The number of anilines is 1. The number of nitrogens with one attached hydrogen (secondary N) is 1. The normalized spacial score (nSPS) is 21.1. The van der Waals surface area contributed by atoms with Crippen LogP contribution in [0.15, 0.2) is 42.5 Å². The highest BCUT2D eigenvalue weighted by Gasteiger charge is 2.32. The summed E-state index contributed by atoms with van der Waals surface area (Å²) in [6.45, 7) is 1.25. The van der Waals surface area contributed by atoms with Gasteiger partial charge in [-0.3, -0.25) is 14.9 Å². The second kappa shape index (κ2) is 7.00. The van der Waals surface area contributed by atoms with E-state index in [2.05, 4.69) is 5.32 Å². The molecule has 2 atom stereocenters. The Kier molecular flexibility index (Phi) is 4.53. The Morgan fingerprint density at radius 3 is 2.67 bits per heavy atom. The first kappa shape index (κ1) is 17.5. The summed E-state index contributed by atoms with van der Waals surface area (Å²) in [4.78, 5) is 25.3. The largest absolute Gasteiger partial charge is 0.390 e. The third kappa shape index (κ3) is 3.26. The van der Waals surface area contributed by atoms with E-state index < -0.39 is 11.0 Å². The van der Waals surface area contributed by atoms with Gasteiger partial charge in [0.05, 0.1) is 17.1 Å². The van der Waals surface area contributed by atoms with Crippen molar-refractivity contribution in [3.05, 3.63) is 69.3 Å². The van der Waals surface area contributed by atoms with Crippen LogP contribution < -0.4 is 5.32 Å². The van der Waals surface area contributed by atoms with Crippen LogP contribution in [0.1, 0.15) is 40.4 Å². The SMILES string of the molecule is O=C(c1cc(N[C@H]2c3ccccc3C[C@H]2O)ccc1[N+](=O)[O-])N1CCCC1. The van der Waals surface area contributed by atoms with E-state index in [1.807, 2.05) is 24.3 Å². The summed E-state index contributed by atoms with van der Waals surface area (Å²) >= 11 is 0. The maximum Gasteiger partial charge on any atom is 0.282 e. The Bertz CT molecular complexity index is 893. The number of nitro groups is 1. The molecular weight excluding hydrogens is 346 g/mol. The molecule has 0 saturated carbocycles. The molecule has 0 bridgehead atoms. The molecule has 7 nitrogen and oxygen atoms in total. The van der Waals surface area contributed by atoms with Gasteiger partial charge in [0, 0.05) is 31.3 Å². The van der Waals surface area contributed by atoms with Gasteiger partial charge in [0.2, 0.25) is 0 Å². The standard InChI is InChI=1S/C20H21N3O4/c24-18-11-13-5-1-2-6-15(13)19(18)21-14-7-8-17(23(26)27)16(12-14)20(25)22-9-3-4-10-22/h1-2,5-8,12,18-19,21,24H,3-4,9-11H2/t18-,19+/m1/s1. The Labute approximate surface area is 156 Å². The fourth-order valence-corrected chi connectivity index (χ4v) is 3.97. The minimum Gasteiger partial charge on any atom is -0.390 e. The fraction of sp³-hybridized carbons (Fsp3) is 0.350. The third-order valence-electron chi connectivity index (χ3n) is 5.34. The van der Waals surface area contributed by atoms with Crippen molar-refractivity contribution >= 4 is 17.3 Å². The van der Waals surface area contributed by atoms with Gasteiger partial charge in [0.25, 0.3) is 11.6 Å². The maximum absolute atomic E-state index is 12.8. The average molecular weight is 367 g/mol. The number of nitrogens with zero attached hydrogens (tertiary/aromatic N) is 2. The molecular formula is C20H21N3O4. The number of benzene rings is 2. The number of nitro benzene ring substituents is 1. The van der Waals surface area contributed by atoms with Gasteiger partial charge in [-0.15, -0.1) is 0 Å². The van der Waals surface area contributed by atoms with Crippen LogP contribution in [0.2, 0.25) is 0 Å². The molecule has 140 valence electrons. The summed E-state index contributed by atoms with van der Waals surface area (Å²) in [5.41, 5.74) is 2.58. The molecule has 1 aliphatic heterocycles. The van der Waals surface area contributed by atoms with E-state index in [1.165, 1.54) is 12.1 Å². The molecule has 0 spiro atoms. The lowest BCUT2D eigenvalue weighted by molar-refractivity contribution is -0.385. The minimum absolute atomic E-state index is 0.0904.